The number of benzene rings is 1. The number of hydrogen-bond donors (Lipinski definition) is 1. The van der Waals surface area contributed by atoms with Crippen molar-refractivity contribution in [2.24, 2.45) is 0 Å². The molecule has 2 atom stereocenters. The molecule has 0 aliphatic heterocycles. The van der Waals surface area contributed by atoms with Crippen LogP contribution in [-0.2, 0) is 0 Å². The Morgan fingerprint density at radius 1 is 1.00 bits per heavy atom. The first-order valence-electron chi connectivity index (χ1n) is 9.37. The molecule has 1 aromatic carbocycles. The van der Waals surface area contributed by atoms with Gasteiger partial charge in [-0.15, -0.1) is 10.2 Å². The van der Waals surface area contributed by atoms with Gasteiger partial charge in [-0.25, -0.2) is 4.39 Å². The van der Waals surface area contributed by atoms with Crippen LogP contribution in [0.3, 0.4) is 0 Å². The molecule has 2 heterocycles. The average Bonchev–Trinajstić information content (AvgIpc) is 2.71. The molecule has 144 valence electrons. The lowest BCUT2D eigenvalue weighted by atomic mass is 9.96. The van der Waals surface area contributed by atoms with Crippen molar-refractivity contribution in [2.75, 3.05) is 0 Å². The number of aryl methyl sites for hydroxylation is 1. The first-order valence-corrected chi connectivity index (χ1v) is 9.37. The van der Waals surface area contributed by atoms with Crippen molar-refractivity contribution in [3.8, 4) is 34.1 Å². The molecule has 1 aliphatic rings. The van der Waals surface area contributed by atoms with E-state index >= 15 is 0 Å². The molecule has 1 saturated carbocycles. The van der Waals surface area contributed by atoms with E-state index in [1.54, 1.807) is 36.7 Å². The zero-order chi connectivity index (χ0) is 19.5. The Balaban J connectivity index is 1.51. The minimum absolute atomic E-state index is 0.0685. The van der Waals surface area contributed by atoms with Crippen molar-refractivity contribution in [3.63, 3.8) is 0 Å². The van der Waals surface area contributed by atoms with E-state index in [1.807, 2.05) is 13.0 Å². The quantitative estimate of drug-likeness (QED) is 0.728. The molecular formula is C21H21FN4O2. The smallest absolute Gasteiger partial charge is 0.233 e. The highest BCUT2D eigenvalue weighted by Crippen LogP contribution is 2.32. The number of halogens is 1. The van der Waals surface area contributed by atoms with Gasteiger partial charge in [-0.2, -0.15) is 0 Å². The van der Waals surface area contributed by atoms with Crippen LogP contribution >= 0.6 is 0 Å². The maximum absolute atomic E-state index is 13.9. The summed E-state index contributed by atoms with van der Waals surface area (Å²) in [5.41, 5.74) is 3.31. The van der Waals surface area contributed by atoms with Gasteiger partial charge in [0.2, 0.25) is 5.88 Å². The second-order valence-corrected chi connectivity index (χ2v) is 6.99. The predicted molar refractivity (Wildman–Crippen MR) is 103 cm³/mol. The topological polar surface area (TPSA) is 81.0 Å². The summed E-state index contributed by atoms with van der Waals surface area (Å²) in [5, 5.41) is 18.6. The van der Waals surface area contributed by atoms with Crippen LogP contribution in [0.1, 0.15) is 31.4 Å². The average molecular weight is 380 g/mol. The van der Waals surface area contributed by atoms with Crippen LogP contribution < -0.4 is 4.74 Å². The van der Waals surface area contributed by atoms with Gasteiger partial charge in [0.05, 0.1) is 23.3 Å². The number of alkyl halides is 1. The second-order valence-electron chi connectivity index (χ2n) is 6.99. The SMILES string of the molecule is Cc1cnc(-c2ccc(-c3ccc(O[C@H]4CCCC[C@H]4F)nn3)c(O)c2)cn1. The molecule has 0 amide bonds. The van der Waals surface area contributed by atoms with Crippen LogP contribution in [0.4, 0.5) is 4.39 Å². The first-order chi connectivity index (χ1) is 13.6. The number of aromatic hydroxyl groups is 1. The third-order valence-electron chi connectivity index (χ3n) is 4.88. The molecular weight excluding hydrogens is 359 g/mol. The molecule has 6 nitrogen and oxygen atoms in total. The van der Waals surface area contributed by atoms with E-state index in [1.165, 1.54) is 0 Å². The van der Waals surface area contributed by atoms with E-state index in [2.05, 4.69) is 20.2 Å². The Labute approximate surface area is 162 Å². The summed E-state index contributed by atoms with van der Waals surface area (Å²) in [6.07, 6.45) is 5.00. The maximum atomic E-state index is 13.9. The van der Waals surface area contributed by atoms with Gasteiger partial charge in [-0.1, -0.05) is 12.5 Å². The van der Waals surface area contributed by atoms with Crippen LogP contribution in [0.5, 0.6) is 11.6 Å². The zero-order valence-corrected chi connectivity index (χ0v) is 15.5. The minimum Gasteiger partial charge on any atom is -0.507 e. The summed E-state index contributed by atoms with van der Waals surface area (Å²) in [6.45, 7) is 1.87. The fraction of sp³-hybridized carbons (Fsp3) is 0.333. The highest BCUT2D eigenvalue weighted by atomic mass is 19.1. The molecule has 0 unspecified atom stereocenters. The van der Waals surface area contributed by atoms with Gasteiger partial charge >= 0.3 is 0 Å². The van der Waals surface area contributed by atoms with Gasteiger partial charge in [0.25, 0.3) is 0 Å². The van der Waals surface area contributed by atoms with Crippen LogP contribution in [0.15, 0.2) is 42.7 Å². The predicted octanol–water partition coefficient (Wildman–Crippen LogP) is 4.27. The standard InChI is InChI=1S/C21H21FN4O2/c1-13-11-24-18(12-23-13)14-6-7-15(19(27)10-14)17-8-9-21(26-25-17)28-20-5-3-2-4-16(20)22/h6-12,16,20,27H,2-5H2,1H3/t16-,20+/m1/s1. The van der Waals surface area contributed by atoms with E-state index in [0.717, 1.165) is 24.1 Å². The maximum Gasteiger partial charge on any atom is 0.233 e. The summed E-state index contributed by atoms with van der Waals surface area (Å²) in [4.78, 5) is 8.54. The largest absolute Gasteiger partial charge is 0.507 e. The molecule has 4 rings (SSSR count). The van der Waals surface area contributed by atoms with Crippen LogP contribution in [0.25, 0.3) is 22.5 Å². The molecule has 3 aromatic rings. The number of hydrogen-bond acceptors (Lipinski definition) is 6. The fourth-order valence-corrected chi connectivity index (χ4v) is 3.32. The summed E-state index contributed by atoms with van der Waals surface area (Å²) in [5.74, 6) is 0.364. The van der Waals surface area contributed by atoms with Gasteiger partial charge in [0.1, 0.15) is 18.0 Å². The second kappa shape index (κ2) is 7.88. The third-order valence-corrected chi connectivity index (χ3v) is 4.88. The van der Waals surface area contributed by atoms with Crippen LogP contribution in [-0.4, -0.2) is 37.5 Å². The third kappa shape index (κ3) is 3.93. The number of nitrogens with zero attached hydrogens (tertiary/aromatic N) is 4. The summed E-state index contributed by atoms with van der Waals surface area (Å²) in [6, 6.07) is 8.59. The molecule has 28 heavy (non-hydrogen) atoms. The summed E-state index contributed by atoms with van der Waals surface area (Å²) < 4.78 is 19.6. The van der Waals surface area contributed by atoms with Crippen LogP contribution in [0.2, 0.25) is 0 Å². The Hall–Kier alpha value is -3.09. The van der Waals surface area contributed by atoms with Crippen molar-refractivity contribution in [2.45, 2.75) is 44.9 Å². The monoisotopic (exact) mass is 380 g/mol. The molecule has 1 aliphatic carbocycles. The number of rotatable bonds is 4. The van der Waals surface area contributed by atoms with E-state index in [9.17, 15) is 9.50 Å². The molecule has 0 bridgehead atoms. The summed E-state index contributed by atoms with van der Waals surface area (Å²) in [7, 11) is 0. The van der Waals surface area contributed by atoms with Gasteiger partial charge in [-0.3, -0.25) is 9.97 Å². The molecule has 0 saturated heterocycles. The van der Waals surface area contributed by atoms with Crippen molar-refractivity contribution in [1.29, 1.82) is 0 Å². The molecule has 2 aromatic heterocycles. The van der Waals surface area contributed by atoms with E-state index < -0.39 is 12.3 Å². The molecule has 0 spiro atoms. The minimum atomic E-state index is -0.961. The number of ether oxygens (including phenoxy) is 1. The molecule has 1 N–H and O–H groups in total. The number of phenols is 1. The van der Waals surface area contributed by atoms with Gasteiger partial charge in [-0.05, 0) is 44.4 Å². The number of phenolic OH excluding ortho intramolecular Hbond substituents is 1. The Morgan fingerprint density at radius 2 is 1.86 bits per heavy atom. The fourth-order valence-electron chi connectivity index (χ4n) is 3.32. The molecule has 0 radical (unpaired) electrons. The number of aromatic nitrogens is 4. The highest BCUT2D eigenvalue weighted by molar-refractivity contribution is 5.72. The van der Waals surface area contributed by atoms with Crippen molar-refractivity contribution in [1.82, 2.24) is 20.2 Å². The van der Waals surface area contributed by atoms with Crippen LogP contribution in [0, 0.1) is 6.92 Å². The van der Waals surface area contributed by atoms with Gasteiger partial charge in [0.15, 0.2) is 0 Å². The van der Waals surface area contributed by atoms with Crippen molar-refractivity contribution < 1.29 is 14.2 Å². The molecule has 1 fully saturated rings. The molecule has 7 heteroatoms. The Morgan fingerprint density at radius 3 is 2.54 bits per heavy atom. The van der Waals surface area contributed by atoms with Crippen molar-refractivity contribution in [3.05, 3.63) is 48.4 Å². The lowest BCUT2D eigenvalue weighted by Gasteiger charge is -2.25. The zero-order valence-electron chi connectivity index (χ0n) is 15.5. The van der Waals surface area contributed by atoms with E-state index in [4.69, 9.17) is 4.74 Å². The highest BCUT2D eigenvalue weighted by Gasteiger charge is 2.26. The lowest BCUT2D eigenvalue weighted by Crippen LogP contribution is -2.32. The Kier molecular flexibility index (Phi) is 5.14. The summed E-state index contributed by atoms with van der Waals surface area (Å²) >= 11 is 0. The van der Waals surface area contributed by atoms with Crippen molar-refractivity contribution >= 4 is 0 Å². The Bertz CT molecular complexity index is 948. The van der Waals surface area contributed by atoms with E-state index in [-0.39, 0.29) is 5.75 Å². The van der Waals surface area contributed by atoms with Gasteiger partial charge in [0, 0.05) is 23.4 Å². The lowest BCUT2D eigenvalue weighted by molar-refractivity contribution is 0.0594. The first kappa shape index (κ1) is 18.3. The van der Waals surface area contributed by atoms with E-state index in [0.29, 0.717) is 35.7 Å². The van der Waals surface area contributed by atoms with Gasteiger partial charge < -0.3 is 9.84 Å². The normalized spacial score (nSPS) is 19.4.